The Morgan fingerprint density at radius 1 is 0.771 bits per heavy atom. The van der Waals surface area contributed by atoms with E-state index in [1.165, 1.54) is 0 Å². The molecule has 0 saturated carbocycles. The zero-order valence-electron chi connectivity index (χ0n) is 20.2. The molecule has 0 unspecified atom stereocenters. The Balaban J connectivity index is 1.48. The maximum absolute atomic E-state index is 12.8. The molecule has 4 heteroatoms. The second kappa shape index (κ2) is 9.22. The number of hydrogen-bond donors (Lipinski definition) is 0. The maximum Gasteiger partial charge on any atom is 0.339 e. The minimum absolute atomic E-state index is 0.311. The second-order valence-electron chi connectivity index (χ2n) is 9.62. The lowest BCUT2D eigenvalue weighted by Crippen LogP contribution is -2.24. The SMILES string of the molecule is CC(C)(C)OC(=O)c1ccccc1-c1ccc(Cn2c(-c3ccccc3)nc3ccccc32)cc1. The van der Waals surface area contributed by atoms with Gasteiger partial charge in [0.25, 0.3) is 0 Å². The predicted molar refractivity (Wildman–Crippen MR) is 141 cm³/mol. The Morgan fingerprint density at radius 3 is 2.17 bits per heavy atom. The van der Waals surface area contributed by atoms with Crippen LogP contribution in [0.5, 0.6) is 0 Å². The van der Waals surface area contributed by atoms with E-state index in [0.29, 0.717) is 12.1 Å². The molecule has 0 amide bonds. The maximum atomic E-state index is 12.8. The fourth-order valence-electron chi connectivity index (χ4n) is 4.26. The molecular formula is C31H28N2O2. The molecule has 0 aliphatic carbocycles. The first kappa shape index (κ1) is 22.6. The predicted octanol–water partition coefficient (Wildman–Crippen LogP) is 7.37. The molecule has 5 rings (SSSR count). The molecule has 0 N–H and O–H groups in total. The molecule has 0 fully saturated rings. The number of hydrogen-bond acceptors (Lipinski definition) is 3. The highest BCUT2D eigenvalue weighted by Crippen LogP contribution is 2.28. The molecule has 174 valence electrons. The van der Waals surface area contributed by atoms with Crippen molar-refractivity contribution in [2.75, 3.05) is 0 Å². The number of nitrogens with zero attached hydrogens (tertiary/aromatic N) is 2. The van der Waals surface area contributed by atoms with Crippen molar-refractivity contribution in [1.82, 2.24) is 9.55 Å². The number of rotatable bonds is 5. The minimum atomic E-state index is -0.544. The van der Waals surface area contributed by atoms with Gasteiger partial charge in [-0.2, -0.15) is 0 Å². The van der Waals surface area contributed by atoms with Crippen molar-refractivity contribution in [3.63, 3.8) is 0 Å². The molecule has 1 heterocycles. The molecule has 0 spiro atoms. The third-order valence-electron chi connectivity index (χ3n) is 5.84. The van der Waals surface area contributed by atoms with Gasteiger partial charge in [-0.05, 0) is 55.7 Å². The fourth-order valence-corrected chi connectivity index (χ4v) is 4.26. The first-order valence-corrected chi connectivity index (χ1v) is 11.8. The van der Waals surface area contributed by atoms with Gasteiger partial charge >= 0.3 is 5.97 Å². The average molecular weight is 461 g/mol. The lowest BCUT2D eigenvalue weighted by atomic mass is 9.98. The van der Waals surface area contributed by atoms with Gasteiger partial charge in [0.2, 0.25) is 0 Å². The van der Waals surface area contributed by atoms with Crippen LogP contribution in [0.1, 0.15) is 36.7 Å². The molecule has 0 radical (unpaired) electrons. The number of para-hydroxylation sites is 2. The summed E-state index contributed by atoms with van der Waals surface area (Å²) in [6, 6.07) is 34.5. The summed E-state index contributed by atoms with van der Waals surface area (Å²) < 4.78 is 7.88. The third kappa shape index (κ3) is 4.87. The van der Waals surface area contributed by atoms with Crippen LogP contribution >= 0.6 is 0 Å². The lowest BCUT2D eigenvalue weighted by molar-refractivity contribution is 0.00704. The highest BCUT2D eigenvalue weighted by Gasteiger charge is 2.20. The highest BCUT2D eigenvalue weighted by atomic mass is 16.6. The molecule has 4 nitrogen and oxygen atoms in total. The molecule has 0 bridgehead atoms. The summed E-state index contributed by atoms with van der Waals surface area (Å²) in [7, 11) is 0. The Kier molecular flexibility index (Phi) is 5.96. The molecule has 1 aromatic heterocycles. The van der Waals surface area contributed by atoms with Crippen molar-refractivity contribution in [2.24, 2.45) is 0 Å². The molecule has 0 aliphatic rings. The van der Waals surface area contributed by atoms with E-state index in [1.54, 1.807) is 0 Å². The third-order valence-corrected chi connectivity index (χ3v) is 5.84. The van der Waals surface area contributed by atoms with Crippen molar-refractivity contribution < 1.29 is 9.53 Å². The monoisotopic (exact) mass is 460 g/mol. The molecule has 0 aliphatic heterocycles. The van der Waals surface area contributed by atoms with Crippen LogP contribution in [0, 0.1) is 0 Å². The molecule has 5 aromatic rings. The van der Waals surface area contributed by atoms with E-state index >= 15 is 0 Å². The Morgan fingerprint density at radius 2 is 1.43 bits per heavy atom. The summed E-state index contributed by atoms with van der Waals surface area (Å²) in [4.78, 5) is 17.7. The standard InChI is InChI=1S/C31H28N2O2/c1-31(2,3)35-30(34)26-14-8-7-13-25(26)23-19-17-22(18-20-23)21-33-28-16-10-9-15-27(28)32-29(33)24-11-5-4-6-12-24/h4-20H,21H2,1-3H3. The Labute approximate surface area is 205 Å². The van der Waals surface area contributed by atoms with Crippen LogP contribution in [0.3, 0.4) is 0 Å². The summed E-state index contributed by atoms with van der Waals surface area (Å²) in [5.41, 5.74) is 6.20. The van der Waals surface area contributed by atoms with Gasteiger partial charge in [0.05, 0.1) is 16.6 Å². The highest BCUT2D eigenvalue weighted by molar-refractivity contribution is 5.97. The molecular weight excluding hydrogens is 432 g/mol. The van der Waals surface area contributed by atoms with Gasteiger partial charge in [-0.25, -0.2) is 9.78 Å². The normalized spacial score (nSPS) is 11.5. The molecule has 0 atom stereocenters. The van der Waals surface area contributed by atoms with Crippen LogP contribution in [0.15, 0.2) is 103 Å². The number of aromatic nitrogens is 2. The van der Waals surface area contributed by atoms with Crippen LogP contribution < -0.4 is 0 Å². The summed E-state index contributed by atoms with van der Waals surface area (Å²) >= 11 is 0. The van der Waals surface area contributed by atoms with Gasteiger partial charge in [0, 0.05) is 12.1 Å². The summed E-state index contributed by atoms with van der Waals surface area (Å²) in [5, 5.41) is 0. The van der Waals surface area contributed by atoms with Crippen molar-refractivity contribution >= 4 is 17.0 Å². The van der Waals surface area contributed by atoms with Crippen molar-refractivity contribution in [2.45, 2.75) is 32.9 Å². The second-order valence-corrected chi connectivity index (χ2v) is 9.62. The van der Waals surface area contributed by atoms with Crippen molar-refractivity contribution in [1.29, 1.82) is 0 Å². The van der Waals surface area contributed by atoms with E-state index in [4.69, 9.17) is 9.72 Å². The number of carbonyl (C=O) groups is 1. The molecule has 35 heavy (non-hydrogen) atoms. The minimum Gasteiger partial charge on any atom is -0.456 e. The topological polar surface area (TPSA) is 44.1 Å². The first-order chi connectivity index (χ1) is 16.9. The van der Waals surface area contributed by atoms with E-state index in [9.17, 15) is 4.79 Å². The van der Waals surface area contributed by atoms with Crippen LogP contribution in [0.25, 0.3) is 33.5 Å². The number of imidazole rings is 1. The zero-order valence-corrected chi connectivity index (χ0v) is 20.2. The van der Waals surface area contributed by atoms with Gasteiger partial charge in [0.1, 0.15) is 11.4 Å². The van der Waals surface area contributed by atoms with Gasteiger partial charge in [0.15, 0.2) is 0 Å². The van der Waals surface area contributed by atoms with E-state index in [2.05, 4.69) is 53.1 Å². The average Bonchev–Trinajstić information content (AvgIpc) is 3.22. The van der Waals surface area contributed by atoms with E-state index < -0.39 is 5.60 Å². The summed E-state index contributed by atoms with van der Waals surface area (Å²) in [6.45, 7) is 6.34. The number of ether oxygens (including phenoxy) is 1. The fraction of sp³-hybridized carbons (Fsp3) is 0.161. The Hall–Kier alpha value is -4.18. The zero-order chi connectivity index (χ0) is 24.4. The van der Waals surface area contributed by atoms with Crippen LogP contribution in [-0.4, -0.2) is 21.1 Å². The van der Waals surface area contributed by atoms with E-state index in [1.807, 2.05) is 75.4 Å². The number of fused-ring (bicyclic) bond motifs is 1. The quantitative estimate of drug-likeness (QED) is 0.257. The smallest absolute Gasteiger partial charge is 0.339 e. The lowest BCUT2D eigenvalue weighted by Gasteiger charge is -2.20. The van der Waals surface area contributed by atoms with Gasteiger partial charge < -0.3 is 9.30 Å². The van der Waals surface area contributed by atoms with Crippen molar-refractivity contribution in [3.8, 4) is 22.5 Å². The van der Waals surface area contributed by atoms with Crippen LogP contribution in [-0.2, 0) is 11.3 Å². The van der Waals surface area contributed by atoms with Crippen molar-refractivity contribution in [3.05, 3.63) is 114 Å². The number of carbonyl (C=O) groups excluding carboxylic acids is 1. The van der Waals surface area contributed by atoms with Crippen LogP contribution in [0.2, 0.25) is 0 Å². The largest absolute Gasteiger partial charge is 0.456 e. The summed E-state index contributed by atoms with van der Waals surface area (Å²) in [6.07, 6.45) is 0. The van der Waals surface area contributed by atoms with E-state index in [-0.39, 0.29) is 5.97 Å². The molecule has 0 saturated heterocycles. The van der Waals surface area contributed by atoms with E-state index in [0.717, 1.165) is 39.1 Å². The Bertz CT molecular complexity index is 1480. The first-order valence-electron chi connectivity index (χ1n) is 11.8. The number of esters is 1. The van der Waals surface area contributed by atoms with Crippen LogP contribution in [0.4, 0.5) is 0 Å². The number of benzene rings is 4. The molecule has 4 aromatic carbocycles. The van der Waals surface area contributed by atoms with Gasteiger partial charge in [-0.15, -0.1) is 0 Å². The van der Waals surface area contributed by atoms with Gasteiger partial charge in [-0.3, -0.25) is 0 Å². The van der Waals surface area contributed by atoms with Gasteiger partial charge in [-0.1, -0.05) is 84.9 Å². The summed E-state index contributed by atoms with van der Waals surface area (Å²) in [5.74, 6) is 0.640.